The minimum absolute atomic E-state index is 0.425. The van der Waals surface area contributed by atoms with E-state index in [2.05, 4.69) is 17.0 Å². The number of nitrogens with two attached hydrogens (primary N) is 1. The van der Waals surface area contributed by atoms with Crippen molar-refractivity contribution in [1.82, 2.24) is 5.32 Å². The molecular formula is C9H20N2O2. The monoisotopic (exact) mass is 188 g/mol. The van der Waals surface area contributed by atoms with E-state index in [1.165, 1.54) is 12.8 Å². The predicted octanol–water partition coefficient (Wildman–Crippen LogP) is 1.60. The normalized spacial score (nSPS) is 12.2. The first-order chi connectivity index (χ1) is 6.16. The van der Waals surface area contributed by atoms with Gasteiger partial charge in [-0.3, -0.25) is 5.73 Å². The van der Waals surface area contributed by atoms with Crippen LogP contribution in [0.4, 0.5) is 4.79 Å². The molecule has 1 amide bonds. The summed E-state index contributed by atoms with van der Waals surface area (Å²) in [6, 6.07) is 0. The molecule has 0 aromatic carbocycles. The number of nitrogens with one attached hydrogen (secondary N) is 1. The van der Waals surface area contributed by atoms with Crippen LogP contribution in [-0.4, -0.2) is 18.9 Å². The van der Waals surface area contributed by atoms with Crippen molar-refractivity contribution in [3.63, 3.8) is 0 Å². The maximum Gasteiger partial charge on any atom is 0.408 e. The molecule has 4 heteroatoms. The Morgan fingerprint density at radius 1 is 1.46 bits per heavy atom. The zero-order valence-electron chi connectivity index (χ0n) is 8.51. The molecule has 0 rings (SSSR count). The molecule has 78 valence electrons. The fourth-order valence-electron chi connectivity index (χ4n) is 0.953. The molecule has 0 radical (unpaired) electrons. The summed E-state index contributed by atoms with van der Waals surface area (Å²) in [6.45, 7) is 4.44. The number of amides is 1. The highest BCUT2D eigenvalue weighted by Crippen LogP contribution is 1.97. The number of hydrogen-bond acceptors (Lipinski definition) is 3. The van der Waals surface area contributed by atoms with E-state index in [4.69, 9.17) is 5.73 Å². The van der Waals surface area contributed by atoms with Crippen molar-refractivity contribution in [1.29, 1.82) is 0 Å². The van der Waals surface area contributed by atoms with Crippen LogP contribution in [0.5, 0.6) is 0 Å². The Balaban J connectivity index is 3.17. The molecule has 3 N–H and O–H groups in total. The summed E-state index contributed by atoms with van der Waals surface area (Å²) in [5.74, 6) is 0. The summed E-state index contributed by atoms with van der Waals surface area (Å²) < 4.78 is 4.68. The lowest BCUT2D eigenvalue weighted by Crippen LogP contribution is -2.32. The van der Waals surface area contributed by atoms with Gasteiger partial charge in [0.15, 0.2) is 0 Å². The van der Waals surface area contributed by atoms with Crippen molar-refractivity contribution in [2.45, 2.75) is 45.8 Å². The van der Waals surface area contributed by atoms with E-state index >= 15 is 0 Å². The fourth-order valence-corrected chi connectivity index (χ4v) is 0.953. The minimum atomic E-state index is -0.532. The highest BCUT2D eigenvalue weighted by molar-refractivity contribution is 5.67. The van der Waals surface area contributed by atoms with Crippen molar-refractivity contribution in [2.75, 3.05) is 6.54 Å². The Bertz CT molecular complexity index is 138. The number of hydrogen-bond donors (Lipinski definition) is 2. The van der Waals surface area contributed by atoms with Gasteiger partial charge in [-0.05, 0) is 13.3 Å². The third-order valence-corrected chi connectivity index (χ3v) is 1.59. The van der Waals surface area contributed by atoms with Gasteiger partial charge in [0, 0.05) is 6.54 Å². The van der Waals surface area contributed by atoms with Gasteiger partial charge < -0.3 is 10.1 Å². The first-order valence-corrected chi connectivity index (χ1v) is 4.87. The van der Waals surface area contributed by atoms with Gasteiger partial charge in [-0.15, -0.1) is 0 Å². The average molecular weight is 188 g/mol. The van der Waals surface area contributed by atoms with Crippen LogP contribution in [0.1, 0.15) is 39.5 Å². The molecular weight excluding hydrogens is 168 g/mol. The van der Waals surface area contributed by atoms with E-state index in [0.717, 1.165) is 12.8 Å². The maximum absolute atomic E-state index is 10.9. The number of rotatable bonds is 6. The first-order valence-electron chi connectivity index (χ1n) is 4.87. The quantitative estimate of drug-likeness (QED) is 0.491. The minimum Gasteiger partial charge on any atom is -0.431 e. The van der Waals surface area contributed by atoms with Crippen LogP contribution in [0.2, 0.25) is 0 Å². The Hall–Kier alpha value is -0.770. The zero-order chi connectivity index (χ0) is 10.1. The van der Waals surface area contributed by atoms with Crippen LogP contribution in [0.25, 0.3) is 0 Å². The van der Waals surface area contributed by atoms with Gasteiger partial charge in [0.25, 0.3) is 0 Å². The molecule has 0 spiro atoms. The van der Waals surface area contributed by atoms with Crippen molar-refractivity contribution in [3.8, 4) is 0 Å². The van der Waals surface area contributed by atoms with E-state index in [9.17, 15) is 4.79 Å². The molecule has 0 aromatic rings. The van der Waals surface area contributed by atoms with E-state index in [-0.39, 0.29) is 0 Å². The highest BCUT2D eigenvalue weighted by atomic mass is 16.6. The molecule has 4 nitrogen and oxygen atoms in total. The SMILES string of the molecule is CCCCCCNC(=O)OC(C)N. The van der Waals surface area contributed by atoms with E-state index in [0.29, 0.717) is 6.54 Å². The molecule has 0 aliphatic carbocycles. The molecule has 0 fully saturated rings. The summed E-state index contributed by atoms with van der Waals surface area (Å²) >= 11 is 0. The molecule has 0 saturated heterocycles. The fraction of sp³-hybridized carbons (Fsp3) is 0.889. The van der Waals surface area contributed by atoms with Crippen LogP contribution in [0, 0.1) is 0 Å². The molecule has 0 bridgehead atoms. The second kappa shape index (κ2) is 7.86. The standard InChI is InChI=1S/C9H20N2O2/c1-3-4-5-6-7-11-9(12)13-8(2)10/h8H,3-7,10H2,1-2H3,(H,11,12). The maximum atomic E-state index is 10.9. The zero-order valence-corrected chi connectivity index (χ0v) is 8.51. The molecule has 0 saturated carbocycles. The van der Waals surface area contributed by atoms with E-state index in [1.54, 1.807) is 6.92 Å². The van der Waals surface area contributed by atoms with E-state index < -0.39 is 12.3 Å². The smallest absolute Gasteiger partial charge is 0.408 e. The molecule has 13 heavy (non-hydrogen) atoms. The molecule has 0 aromatic heterocycles. The number of carbonyl (C=O) groups excluding carboxylic acids is 1. The second-order valence-corrected chi connectivity index (χ2v) is 3.10. The van der Waals surface area contributed by atoms with Crippen LogP contribution in [0.15, 0.2) is 0 Å². The average Bonchev–Trinajstić information content (AvgIpc) is 2.02. The van der Waals surface area contributed by atoms with Crippen LogP contribution in [0.3, 0.4) is 0 Å². The topological polar surface area (TPSA) is 64.3 Å². The lowest BCUT2D eigenvalue weighted by molar-refractivity contribution is 0.110. The van der Waals surface area contributed by atoms with Gasteiger partial charge in [0.05, 0.1) is 0 Å². The number of carbonyl (C=O) groups is 1. The third-order valence-electron chi connectivity index (χ3n) is 1.59. The Morgan fingerprint density at radius 3 is 2.69 bits per heavy atom. The third kappa shape index (κ3) is 9.14. The van der Waals surface area contributed by atoms with Gasteiger partial charge in [-0.2, -0.15) is 0 Å². The van der Waals surface area contributed by atoms with Crippen LogP contribution in [-0.2, 0) is 4.74 Å². The largest absolute Gasteiger partial charge is 0.431 e. The summed E-state index contributed by atoms with van der Waals surface area (Å²) in [5.41, 5.74) is 5.26. The number of alkyl carbamates (subject to hydrolysis) is 1. The summed E-state index contributed by atoms with van der Waals surface area (Å²) in [7, 11) is 0. The number of unbranched alkanes of at least 4 members (excludes halogenated alkanes) is 3. The first kappa shape index (κ1) is 12.2. The lowest BCUT2D eigenvalue weighted by atomic mass is 10.2. The van der Waals surface area contributed by atoms with Gasteiger partial charge >= 0.3 is 6.09 Å². The van der Waals surface area contributed by atoms with E-state index in [1.807, 2.05) is 0 Å². The Morgan fingerprint density at radius 2 is 2.15 bits per heavy atom. The molecule has 0 aliphatic heterocycles. The summed E-state index contributed by atoms with van der Waals surface area (Å²) in [6.07, 6.45) is 3.60. The Labute approximate surface area is 79.8 Å². The van der Waals surface area contributed by atoms with Gasteiger partial charge in [0.2, 0.25) is 0 Å². The molecule has 1 unspecified atom stereocenters. The summed E-state index contributed by atoms with van der Waals surface area (Å²) in [5, 5.41) is 2.63. The van der Waals surface area contributed by atoms with Gasteiger partial charge in [-0.25, -0.2) is 4.79 Å². The number of ether oxygens (including phenoxy) is 1. The highest BCUT2D eigenvalue weighted by Gasteiger charge is 2.02. The van der Waals surface area contributed by atoms with Crippen molar-refractivity contribution < 1.29 is 9.53 Å². The molecule has 0 heterocycles. The van der Waals surface area contributed by atoms with Crippen molar-refractivity contribution in [3.05, 3.63) is 0 Å². The molecule has 1 atom stereocenters. The second-order valence-electron chi connectivity index (χ2n) is 3.10. The Kier molecular flexibility index (Phi) is 7.39. The van der Waals surface area contributed by atoms with Crippen LogP contribution >= 0.6 is 0 Å². The predicted molar refractivity (Wildman–Crippen MR) is 52.3 cm³/mol. The summed E-state index contributed by atoms with van der Waals surface area (Å²) in [4.78, 5) is 10.9. The lowest BCUT2D eigenvalue weighted by Gasteiger charge is -2.08. The van der Waals surface area contributed by atoms with Gasteiger partial charge in [-0.1, -0.05) is 26.2 Å². The van der Waals surface area contributed by atoms with Crippen molar-refractivity contribution in [2.24, 2.45) is 5.73 Å². The van der Waals surface area contributed by atoms with Gasteiger partial charge in [0.1, 0.15) is 6.23 Å². The molecule has 0 aliphatic rings. The van der Waals surface area contributed by atoms with Crippen LogP contribution < -0.4 is 11.1 Å². The van der Waals surface area contributed by atoms with Crippen molar-refractivity contribution >= 4 is 6.09 Å².